The zero-order chi connectivity index (χ0) is 24.1. The molecule has 1 aromatic rings. The second kappa shape index (κ2) is 11.4. The van der Waals surface area contributed by atoms with Crippen LogP contribution in [-0.4, -0.2) is 89.4 Å². The predicted molar refractivity (Wildman–Crippen MR) is 122 cm³/mol. The number of hydroxylamine groups is 2. The van der Waals surface area contributed by atoms with Crippen LogP contribution < -0.4 is 15.8 Å². The maximum atomic E-state index is 15.3. The second-order valence-electron chi connectivity index (χ2n) is 9.11. The van der Waals surface area contributed by atoms with Gasteiger partial charge < -0.3 is 9.64 Å². The van der Waals surface area contributed by atoms with Gasteiger partial charge in [-0.1, -0.05) is 25.7 Å². The molecule has 13 heteroatoms. The Kier molecular flexibility index (Phi) is 8.35. The fourth-order valence-corrected chi connectivity index (χ4v) is 5.21. The Bertz CT molecular complexity index is 876. The fourth-order valence-electron chi connectivity index (χ4n) is 5.04. The van der Waals surface area contributed by atoms with Crippen LogP contribution in [0.2, 0.25) is 5.28 Å². The van der Waals surface area contributed by atoms with Gasteiger partial charge in [-0.2, -0.15) is 14.4 Å². The largest absolute Gasteiger partial charge is 0.378 e. The summed E-state index contributed by atoms with van der Waals surface area (Å²) >= 11 is 6.08. The van der Waals surface area contributed by atoms with Crippen LogP contribution in [0.25, 0.3) is 0 Å². The molecule has 1 aromatic heterocycles. The molecule has 0 spiro atoms. The Morgan fingerprint density at radius 2 is 2.12 bits per heavy atom. The van der Waals surface area contributed by atoms with E-state index in [9.17, 15) is 14.8 Å². The summed E-state index contributed by atoms with van der Waals surface area (Å²) in [5, 5.41) is 9.93. The molecule has 2 atom stereocenters. The van der Waals surface area contributed by atoms with Crippen molar-refractivity contribution in [2.24, 2.45) is 11.8 Å². The van der Waals surface area contributed by atoms with Crippen LogP contribution in [0.4, 0.5) is 16.0 Å². The van der Waals surface area contributed by atoms with Gasteiger partial charge in [-0.25, -0.2) is 5.06 Å². The molecule has 1 saturated carbocycles. The molecule has 34 heavy (non-hydrogen) atoms. The maximum absolute atomic E-state index is 15.3. The molecule has 0 aromatic carbocycles. The van der Waals surface area contributed by atoms with Gasteiger partial charge >= 0.3 is 0 Å². The van der Waals surface area contributed by atoms with Gasteiger partial charge in [0.15, 0.2) is 11.6 Å². The minimum absolute atomic E-state index is 0.0620. The molecule has 11 nitrogen and oxygen atoms in total. The Labute approximate surface area is 202 Å². The van der Waals surface area contributed by atoms with Crippen LogP contribution in [0.1, 0.15) is 32.1 Å². The zero-order valence-electron chi connectivity index (χ0n) is 19.0. The van der Waals surface area contributed by atoms with Crippen molar-refractivity contribution >= 4 is 35.6 Å². The van der Waals surface area contributed by atoms with Crippen LogP contribution in [0, 0.1) is 17.7 Å². The molecule has 3 N–H and O–H groups in total. The number of hydrogen-bond donors (Lipinski definition) is 3. The van der Waals surface area contributed by atoms with Crippen molar-refractivity contribution < 1.29 is 23.9 Å². The first kappa shape index (κ1) is 24.8. The Morgan fingerprint density at radius 3 is 2.88 bits per heavy atom. The van der Waals surface area contributed by atoms with Gasteiger partial charge in [0.25, 0.3) is 0 Å². The standard InChI is InChI=1S/C21H31ClFN7O4/c22-21-24-18(17(23)19(25-21)29-6-5-28-7-8-34-12-16(28)11-29)26-27-20(32)15(10-30(33)13-31)9-14-3-1-2-4-14/h13-16,33H,1-12H2,(H,27,32)(H,24,25,26)/t15-,16-/m1/s1. The first-order valence-electron chi connectivity index (χ1n) is 11.7. The topological polar surface area (TPSA) is 123 Å². The third kappa shape index (κ3) is 6.04. The molecule has 2 aliphatic heterocycles. The number of morpholine rings is 1. The Hall–Kier alpha value is -2.28. The Morgan fingerprint density at radius 1 is 1.32 bits per heavy atom. The molecular weight excluding hydrogens is 469 g/mol. The molecule has 4 rings (SSSR count). The number of amides is 2. The summed E-state index contributed by atoms with van der Waals surface area (Å²) < 4.78 is 20.9. The van der Waals surface area contributed by atoms with Crippen LogP contribution in [-0.2, 0) is 14.3 Å². The number of nitrogens with zero attached hydrogens (tertiary/aromatic N) is 5. The molecule has 3 fully saturated rings. The summed E-state index contributed by atoms with van der Waals surface area (Å²) in [5.74, 6) is -1.70. The van der Waals surface area contributed by atoms with E-state index in [-0.39, 0.29) is 35.9 Å². The molecule has 2 saturated heterocycles. The fraction of sp³-hybridized carbons (Fsp3) is 0.714. The number of carbonyl (C=O) groups is 2. The average Bonchev–Trinajstić information content (AvgIpc) is 3.36. The van der Waals surface area contributed by atoms with E-state index in [0.717, 1.165) is 38.8 Å². The van der Waals surface area contributed by atoms with Crippen LogP contribution in [0.5, 0.6) is 0 Å². The van der Waals surface area contributed by atoms with Crippen molar-refractivity contribution in [3.63, 3.8) is 0 Å². The van der Waals surface area contributed by atoms with E-state index < -0.39 is 17.6 Å². The van der Waals surface area contributed by atoms with E-state index in [2.05, 4.69) is 25.7 Å². The highest BCUT2D eigenvalue weighted by Gasteiger charge is 2.32. The average molecular weight is 500 g/mol. The van der Waals surface area contributed by atoms with Gasteiger partial charge in [-0.05, 0) is 23.9 Å². The Balaban J connectivity index is 1.42. The van der Waals surface area contributed by atoms with Crippen LogP contribution in [0.3, 0.4) is 0 Å². The van der Waals surface area contributed by atoms with E-state index in [1.165, 1.54) is 0 Å². The minimum atomic E-state index is -0.723. The van der Waals surface area contributed by atoms with E-state index in [0.29, 0.717) is 43.7 Å². The molecule has 188 valence electrons. The van der Waals surface area contributed by atoms with Crippen molar-refractivity contribution in [1.82, 2.24) is 25.4 Å². The number of halogens is 2. The first-order chi connectivity index (χ1) is 16.4. The van der Waals surface area contributed by atoms with Gasteiger partial charge in [-0.3, -0.25) is 30.5 Å². The molecule has 3 heterocycles. The number of anilines is 2. The third-order valence-electron chi connectivity index (χ3n) is 6.84. The van der Waals surface area contributed by atoms with Crippen molar-refractivity contribution in [3.05, 3.63) is 11.1 Å². The van der Waals surface area contributed by atoms with E-state index in [1.54, 1.807) is 0 Å². The lowest BCUT2D eigenvalue weighted by atomic mass is 9.92. The smallest absolute Gasteiger partial charge is 0.243 e. The van der Waals surface area contributed by atoms with Gasteiger partial charge in [0.05, 0.1) is 31.7 Å². The van der Waals surface area contributed by atoms with E-state index >= 15 is 4.39 Å². The number of nitrogens with one attached hydrogen (secondary N) is 2. The number of ether oxygens (including phenoxy) is 1. The highest BCUT2D eigenvalue weighted by atomic mass is 35.5. The maximum Gasteiger partial charge on any atom is 0.243 e. The number of carbonyl (C=O) groups excluding carboxylic acids is 2. The van der Waals surface area contributed by atoms with Gasteiger partial charge in [-0.15, -0.1) is 0 Å². The predicted octanol–water partition coefficient (Wildman–Crippen LogP) is 1.28. The van der Waals surface area contributed by atoms with Gasteiger partial charge in [0.2, 0.25) is 23.4 Å². The number of fused-ring (bicyclic) bond motifs is 1. The summed E-state index contributed by atoms with van der Waals surface area (Å²) in [6.07, 6.45) is 4.98. The number of hydrogen-bond acceptors (Lipinski definition) is 9. The molecular formula is C21H31ClFN7O4. The normalized spacial score (nSPS) is 22.2. The minimum Gasteiger partial charge on any atom is -0.378 e. The summed E-state index contributed by atoms with van der Waals surface area (Å²) in [5.41, 5.74) is 4.99. The number of hydrazine groups is 1. The van der Waals surface area contributed by atoms with Crippen molar-refractivity contribution in [2.75, 3.05) is 56.3 Å². The molecule has 1 aliphatic carbocycles. The van der Waals surface area contributed by atoms with E-state index in [1.807, 2.05) is 4.90 Å². The van der Waals surface area contributed by atoms with Crippen molar-refractivity contribution in [3.8, 4) is 0 Å². The summed E-state index contributed by atoms with van der Waals surface area (Å²) in [7, 11) is 0. The lowest BCUT2D eigenvalue weighted by molar-refractivity contribution is -0.154. The highest BCUT2D eigenvalue weighted by molar-refractivity contribution is 6.28. The number of piperazine rings is 1. The number of aromatic nitrogens is 2. The monoisotopic (exact) mass is 499 g/mol. The quantitative estimate of drug-likeness (QED) is 0.199. The SMILES string of the molecule is O=CN(O)C[C@@H](CC1CCCC1)C(=O)NNc1nc(Cl)nc(N2CCN3CCOC[C@H]3C2)c1F. The molecule has 0 radical (unpaired) electrons. The number of rotatable bonds is 9. The van der Waals surface area contributed by atoms with Crippen molar-refractivity contribution in [2.45, 2.75) is 38.1 Å². The molecule has 0 bridgehead atoms. The van der Waals surface area contributed by atoms with Crippen LogP contribution in [0.15, 0.2) is 0 Å². The molecule has 3 aliphatic rings. The summed E-state index contributed by atoms with van der Waals surface area (Å²) in [6, 6.07) is 0.141. The second-order valence-corrected chi connectivity index (χ2v) is 9.45. The summed E-state index contributed by atoms with van der Waals surface area (Å²) in [4.78, 5) is 35.8. The third-order valence-corrected chi connectivity index (χ3v) is 7.01. The van der Waals surface area contributed by atoms with Gasteiger partial charge in [0, 0.05) is 26.2 Å². The van der Waals surface area contributed by atoms with Crippen LogP contribution >= 0.6 is 11.6 Å². The molecule has 2 amide bonds. The van der Waals surface area contributed by atoms with Crippen molar-refractivity contribution in [1.29, 1.82) is 0 Å². The zero-order valence-corrected chi connectivity index (χ0v) is 19.7. The summed E-state index contributed by atoms with van der Waals surface area (Å²) in [6.45, 7) is 3.84. The highest BCUT2D eigenvalue weighted by Crippen LogP contribution is 2.31. The van der Waals surface area contributed by atoms with E-state index in [4.69, 9.17) is 16.3 Å². The lowest BCUT2D eigenvalue weighted by Gasteiger charge is -2.44. The first-order valence-corrected chi connectivity index (χ1v) is 12.1. The molecule has 0 unspecified atom stereocenters. The van der Waals surface area contributed by atoms with Gasteiger partial charge in [0.1, 0.15) is 0 Å². The lowest BCUT2D eigenvalue weighted by Crippen LogP contribution is -2.58.